The molecule has 0 N–H and O–H groups in total. The van der Waals surface area contributed by atoms with Gasteiger partial charge in [-0.3, -0.25) is 0 Å². The summed E-state index contributed by atoms with van der Waals surface area (Å²) < 4.78 is 2.65. The van der Waals surface area contributed by atoms with Crippen molar-refractivity contribution in [3.8, 4) is 0 Å². The van der Waals surface area contributed by atoms with Crippen LogP contribution in [0.5, 0.6) is 0 Å². The predicted octanol–water partition coefficient (Wildman–Crippen LogP) is 7.21. The largest absolute Gasteiger partial charge is 0.346 e. The van der Waals surface area contributed by atoms with Crippen LogP contribution in [0.25, 0.3) is 21.1 Å². The van der Waals surface area contributed by atoms with Crippen molar-refractivity contribution < 1.29 is 0 Å². The molecule has 4 aromatic rings. The highest BCUT2D eigenvalue weighted by Gasteiger charge is 2.36. The molecule has 0 amide bonds. The van der Waals surface area contributed by atoms with E-state index in [1.165, 1.54) is 78.1 Å². The van der Waals surface area contributed by atoms with Crippen LogP contribution in [-0.2, 0) is 13.0 Å². The van der Waals surface area contributed by atoms with E-state index in [4.69, 9.17) is 4.98 Å². The Morgan fingerprint density at radius 2 is 1.85 bits per heavy atom. The lowest BCUT2D eigenvalue weighted by Gasteiger charge is -2.41. The van der Waals surface area contributed by atoms with Crippen LogP contribution in [0, 0.1) is 13.8 Å². The molecule has 1 aromatic carbocycles. The molecule has 0 radical (unpaired) electrons. The van der Waals surface area contributed by atoms with Crippen LogP contribution in [0.3, 0.4) is 0 Å². The predicted molar refractivity (Wildman–Crippen MR) is 138 cm³/mol. The van der Waals surface area contributed by atoms with Gasteiger partial charge in [-0.2, -0.15) is 0 Å². The van der Waals surface area contributed by atoms with Gasteiger partial charge in [-0.1, -0.05) is 25.3 Å². The molecule has 0 saturated heterocycles. The number of hydrogen-bond acceptors (Lipinski definition) is 4. The first kappa shape index (κ1) is 20.0. The number of benzene rings is 1. The first-order valence-electron chi connectivity index (χ1n) is 12.8. The minimum atomic E-state index is 0.422. The van der Waals surface area contributed by atoms with Crippen molar-refractivity contribution in [2.75, 3.05) is 11.4 Å². The van der Waals surface area contributed by atoms with Crippen LogP contribution in [0.4, 0.5) is 5.82 Å². The van der Waals surface area contributed by atoms with E-state index in [2.05, 4.69) is 46.5 Å². The van der Waals surface area contributed by atoms with E-state index >= 15 is 0 Å². The van der Waals surface area contributed by atoms with E-state index in [-0.39, 0.29) is 0 Å². The molecule has 0 bridgehead atoms. The summed E-state index contributed by atoms with van der Waals surface area (Å²) in [5.41, 5.74) is 7.58. The lowest BCUT2D eigenvalue weighted by Crippen LogP contribution is -2.40. The SMILES string of the molecule is Cc1sc2ncnc(N3CCn4c5c(c6cc(C7CCCCC7)ccc64)CCCC53)c2c1C. The van der Waals surface area contributed by atoms with Crippen LogP contribution in [0.15, 0.2) is 24.5 Å². The number of nitrogens with zero attached hydrogens (tertiary/aromatic N) is 4. The van der Waals surface area contributed by atoms with Crippen molar-refractivity contribution in [3.63, 3.8) is 0 Å². The molecule has 0 spiro atoms. The maximum Gasteiger partial charge on any atom is 0.141 e. The fourth-order valence-corrected chi connectivity index (χ4v) is 7.94. The third kappa shape index (κ3) is 2.94. The van der Waals surface area contributed by atoms with Crippen LogP contribution in [0.1, 0.15) is 84.2 Å². The van der Waals surface area contributed by atoms with E-state index < -0.39 is 0 Å². The summed E-state index contributed by atoms with van der Waals surface area (Å²) in [5, 5.41) is 2.81. The Balaban J connectivity index is 1.36. The Morgan fingerprint density at radius 1 is 0.970 bits per heavy atom. The molecule has 3 aliphatic rings. The first-order valence-corrected chi connectivity index (χ1v) is 13.6. The molecule has 7 rings (SSSR count). The molecule has 4 heterocycles. The molecule has 33 heavy (non-hydrogen) atoms. The van der Waals surface area contributed by atoms with Gasteiger partial charge in [0.05, 0.1) is 11.4 Å². The summed E-state index contributed by atoms with van der Waals surface area (Å²) >= 11 is 1.80. The monoisotopic (exact) mass is 456 g/mol. The molecule has 1 atom stereocenters. The zero-order valence-electron chi connectivity index (χ0n) is 19.7. The van der Waals surface area contributed by atoms with E-state index in [9.17, 15) is 0 Å². The van der Waals surface area contributed by atoms with Crippen LogP contribution in [-0.4, -0.2) is 21.1 Å². The fourth-order valence-electron chi connectivity index (χ4n) is 6.95. The molecular weight excluding hydrogens is 424 g/mol. The lowest BCUT2D eigenvalue weighted by molar-refractivity contribution is 0.435. The molecule has 1 unspecified atom stereocenters. The van der Waals surface area contributed by atoms with Gasteiger partial charge in [-0.25, -0.2) is 9.97 Å². The second-order valence-electron chi connectivity index (χ2n) is 10.4. The summed E-state index contributed by atoms with van der Waals surface area (Å²) in [6, 6.07) is 7.89. The zero-order valence-corrected chi connectivity index (χ0v) is 20.5. The number of rotatable bonds is 2. The van der Waals surface area contributed by atoms with Crippen molar-refractivity contribution in [1.29, 1.82) is 0 Å². The van der Waals surface area contributed by atoms with Crippen LogP contribution in [0.2, 0.25) is 0 Å². The van der Waals surface area contributed by atoms with Crippen molar-refractivity contribution in [3.05, 3.63) is 51.8 Å². The Labute approximate surface area is 199 Å². The van der Waals surface area contributed by atoms with Crippen molar-refractivity contribution in [2.24, 2.45) is 0 Å². The standard InChI is InChI=1S/C28H32N4S/c1-17-18(2)33-28-25(17)27(29-16-30-28)32-14-13-31-23-12-11-20(19-7-4-3-5-8-19)15-22(23)21-9-6-10-24(32)26(21)31/h11-12,15-16,19,24H,3-10,13-14H2,1-2H3. The third-order valence-electron chi connectivity index (χ3n) is 8.69. The number of anilines is 1. The van der Waals surface area contributed by atoms with Gasteiger partial charge >= 0.3 is 0 Å². The Kier molecular flexibility index (Phi) is 4.58. The van der Waals surface area contributed by atoms with Gasteiger partial charge in [-0.05, 0) is 80.7 Å². The number of thiophene rings is 1. The molecular formula is C28H32N4S. The van der Waals surface area contributed by atoms with E-state index in [1.807, 2.05) is 0 Å². The number of aromatic nitrogens is 3. The van der Waals surface area contributed by atoms with E-state index in [1.54, 1.807) is 34.5 Å². The Morgan fingerprint density at radius 3 is 2.73 bits per heavy atom. The Hall–Kier alpha value is -2.40. The molecule has 3 aromatic heterocycles. The summed E-state index contributed by atoms with van der Waals surface area (Å²) in [7, 11) is 0. The van der Waals surface area contributed by atoms with Crippen molar-refractivity contribution >= 4 is 38.3 Å². The normalized spacial score (nSPS) is 21.2. The van der Waals surface area contributed by atoms with Crippen LogP contribution >= 0.6 is 11.3 Å². The molecule has 2 aliphatic carbocycles. The summed E-state index contributed by atoms with van der Waals surface area (Å²) in [6.45, 7) is 6.51. The highest BCUT2D eigenvalue weighted by molar-refractivity contribution is 7.18. The van der Waals surface area contributed by atoms with Gasteiger partial charge in [-0.15, -0.1) is 11.3 Å². The summed E-state index contributed by atoms with van der Waals surface area (Å²) in [6.07, 6.45) is 12.4. The molecule has 5 heteroatoms. The lowest BCUT2D eigenvalue weighted by atomic mass is 9.83. The Bertz CT molecular complexity index is 1370. The third-order valence-corrected chi connectivity index (χ3v) is 9.81. The van der Waals surface area contributed by atoms with E-state index in [0.717, 1.165) is 29.7 Å². The number of hydrogen-bond donors (Lipinski definition) is 0. The molecule has 4 nitrogen and oxygen atoms in total. The summed E-state index contributed by atoms with van der Waals surface area (Å²) in [4.78, 5) is 14.6. The first-order chi connectivity index (χ1) is 16.2. The topological polar surface area (TPSA) is 34.0 Å². The van der Waals surface area contributed by atoms with Crippen LogP contribution < -0.4 is 4.90 Å². The highest BCUT2D eigenvalue weighted by Crippen LogP contribution is 2.46. The highest BCUT2D eigenvalue weighted by atomic mass is 32.1. The molecule has 170 valence electrons. The van der Waals surface area contributed by atoms with Crippen molar-refractivity contribution in [1.82, 2.24) is 14.5 Å². The second kappa shape index (κ2) is 7.56. The van der Waals surface area contributed by atoms with Gasteiger partial charge in [0.25, 0.3) is 0 Å². The number of fused-ring (bicyclic) bond motifs is 4. The zero-order chi connectivity index (χ0) is 22.1. The molecule has 1 aliphatic heterocycles. The van der Waals surface area contributed by atoms with Crippen molar-refractivity contribution in [2.45, 2.75) is 83.7 Å². The van der Waals surface area contributed by atoms with Gasteiger partial charge < -0.3 is 9.47 Å². The minimum Gasteiger partial charge on any atom is -0.346 e. The smallest absolute Gasteiger partial charge is 0.141 e. The fraction of sp³-hybridized carbons (Fsp3) is 0.500. The molecule has 1 saturated carbocycles. The molecule has 1 fully saturated rings. The average Bonchev–Trinajstić information content (AvgIpc) is 3.34. The van der Waals surface area contributed by atoms with E-state index in [0.29, 0.717) is 6.04 Å². The average molecular weight is 457 g/mol. The second-order valence-corrected chi connectivity index (χ2v) is 11.6. The van der Waals surface area contributed by atoms with Gasteiger partial charge in [0.1, 0.15) is 17.0 Å². The quantitative estimate of drug-likeness (QED) is 0.320. The van der Waals surface area contributed by atoms with Gasteiger partial charge in [0.2, 0.25) is 0 Å². The maximum absolute atomic E-state index is 4.87. The van der Waals surface area contributed by atoms with Gasteiger partial charge in [0.15, 0.2) is 0 Å². The minimum absolute atomic E-state index is 0.422. The number of aryl methyl sites for hydroxylation is 3. The maximum atomic E-state index is 4.87. The van der Waals surface area contributed by atoms with Gasteiger partial charge in [0, 0.05) is 34.6 Å². The summed E-state index contributed by atoms with van der Waals surface area (Å²) in [5.74, 6) is 1.92.